The molecule has 0 heterocycles. The zero-order valence-electron chi connectivity index (χ0n) is 8.83. The van der Waals surface area contributed by atoms with E-state index in [2.05, 4.69) is 31.6 Å². The largest absolute Gasteiger partial charge is 1.00 e. The Kier molecular flexibility index (Phi) is 15.5. The minimum absolute atomic E-state index is 0. The summed E-state index contributed by atoms with van der Waals surface area (Å²) >= 11 is 0. The topological polar surface area (TPSA) is 50.7 Å². The van der Waals surface area contributed by atoms with Gasteiger partial charge in [0, 0.05) is 0 Å². The number of hydrogen-bond donors (Lipinski definition) is 2. The smallest absolute Gasteiger partial charge is 0.120 e. The van der Waals surface area contributed by atoms with Gasteiger partial charge in [0.25, 0.3) is 0 Å². The van der Waals surface area contributed by atoms with Gasteiger partial charge in [0.2, 0.25) is 0 Å². The average molecular weight is 235 g/mol. The minimum atomic E-state index is -0.00824. The number of hydrogen-bond acceptors (Lipinski definition) is 4. The van der Waals surface area contributed by atoms with Crippen LogP contribution in [-0.2, 0) is 9.68 Å². The van der Waals surface area contributed by atoms with E-state index in [0.717, 1.165) is 11.0 Å². The van der Waals surface area contributed by atoms with Crippen molar-refractivity contribution in [2.24, 2.45) is 0 Å². The van der Waals surface area contributed by atoms with E-state index >= 15 is 0 Å². The average Bonchev–Trinajstić information content (AvgIpc) is 1.94. The molecule has 14 heavy (non-hydrogen) atoms. The monoisotopic (exact) mass is 234 g/mol. The first-order valence-corrected chi connectivity index (χ1v) is 3.96. The lowest BCUT2D eigenvalue weighted by atomic mass is 10.5. The Morgan fingerprint density at radius 2 is 1.64 bits per heavy atom. The third-order valence-electron chi connectivity index (χ3n) is 1.18. The van der Waals surface area contributed by atoms with Crippen molar-refractivity contribution in [1.29, 1.82) is 0 Å². The zero-order valence-corrected chi connectivity index (χ0v) is 9.58. The Labute approximate surface area is 90.3 Å². The van der Waals surface area contributed by atoms with Crippen molar-refractivity contribution in [1.82, 2.24) is 5.64 Å². The number of rotatable bonds is 7. The lowest BCUT2D eigenvalue weighted by Gasteiger charge is -2.23. The molecule has 0 aromatic heterocycles. The highest BCUT2D eigenvalue weighted by molar-refractivity contribution is 4.23. The summed E-state index contributed by atoms with van der Waals surface area (Å²) in [6.45, 7) is 1.71. The zero-order chi connectivity index (χ0) is 9.45. The molecule has 2 N–H and O–H groups in total. The SMILES string of the molecule is C[N+](C)(C)CCONOCCO.F.[Cl-]. The summed E-state index contributed by atoms with van der Waals surface area (Å²) in [5.41, 5.74) is 2.29. The van der Waals surface area contributed by atoms with Gasteiger partial charge in [0.1, 0.15) is 13.2 Å². The van der Waals surface area contributed by atoms with E-state index in [1.54, 1.807) is 0 Å². The van der Waals surface area contributed by atoms with Crippen molar-refractivity contribution in [2.75, 3.05) is 47.5 Å². The first-order valence-electron chi connectivity index (χ1n) is 3.96. The van der Waals surface area contributed by atoms with Gasteiger partial charge in [-0.05, 0) is 0 Å². The van der Waals surface area contributed by atoms with E-state index in [-0.39, 0.29) is 30.3 Å². The molecule has 0 amide bonds. The molecule has 0 rings (SSSR count). The second-order valence-electron chi connectivity index (χ2n) is 3.52. The van der Waals surface area contributed by atoms with Gasteiger partial charge in [-0.3, -0.25) is 14.4 Å². The Hall–Kier alpha value is 0.0200. The quantitative estimate of drug-likeness (QED) is 0.271. The van der Waals surface area contributed by atoms with Crippen LogP contribution in [0.4, 0.5) is 4.70 Å². The number of aliphatic hydroxyl groups excluding tert-OH is 1. The maximum Gasteiger partial charge on any atom is 0.120 e. The predicted molar refractivity (Wildman–Crippen MR) is 47.5 cm³/mol. The second-order valence-corrected chi connectivity index (χ2v) is 3.52. The first kappa shape index (κ1) is 19.6. The summed E-state index contributed by atoms with van der Waals surface area (Å²) in [4.78, 5) is 9.58. The highest BCUT2D eigenvalue weighted by atomic mass is 35.5. The van der Waals surface area contributed by atoms with Gasteiger partial charge in [-0.25, -0.2) is 0 Å². The maximum atomic E-state index is 8.33. The molecule has 0 aliphatic carbocycles. The van der Waals surface area contributed by atoms with Crippen molar-refractivity contribution in [3.05, 3.63) is 0 Å². The molecule has 0 aliphatic rings. The standard InChI is InChI=1S/C7H19N2O3.ClH.FH/c1-9(2,3)4-6-11-8-12-7-5-10;;/h8,10H,4-7H2,1-3H3;2*1H/q+1;;/p-1. The molecule has 0 fully saturated rings. The number of nitrogens with zero attached hydrogens (tertiary/aromatic N) is 1. The Morgan fingerprint density at radius 1 is 1.14 bits per heavy atom. The molecule has 7 heteroatoms. The molecule has 0 unspecified atom stereocenters. The third kappa shape index (κ3) is 17.9. The van der Waals surface area contributed by atoms with Crippen LogP contribution >= 0.6 is 0 Å². The van der Waals surface area contributed by atoms with Gasteiger partial charge in [-0.2, -0.15) is 0 Å². The van der Waals surface area contributed by atoms with E-state index in [0.29, 0.717) is 6.61 Å². The molecule has 0 aliphatic heterocycles. The van der Waals surface area contributed by atoms with Crippen LogP contribution in [0.25, 0.3) is 0 Å². The Balaban J connectivity index is -0.000000605. The van der Waals surface area contributed by atoms with Crippen LogP contribution in [0, 0.1) is 0 Å². The van der Waals surface area contributed by atoms with Crippen LogP contribution in [0.3, 0.4) is 0 Å². The van der Waals surface area contributed by atoms with Crippen LogP contribution in [0.5, 0.6) is 0 Å². The summed E-state index contributed by atoms with van der Waals surface area (Å²) in [6, 6.07) is 0. The molecule has 0 atom stereocenters. The molecule has 0 aromatic rings. The van der Waals surface area contributed by atoms with E-state index in [4.69, 9.17) is 9.94 Å². The van der Waals surface area contributed by atoms with E-state index in [1.807, 2.05) is 0 Å². The molecule has 0 saturated heterocycles. The van der Waals surface area contributed by atoms with Crippen molar-refractivity contribution >= 4 is 0 Å². The van der Waals surface area contributed by atoms with Crippen molar-refractivity contribution < 1.29 is 36.4 Å². The van der Waals surface area contributed by atoms with Crippen LogP contribution in [0.2, 0.25) is 0 Å². The first-order chi connectivity index (χ1) is 5.56. The van der Waals surface area contributed by atoms with E-state index < -0.39 is 0 Å². The fourth-order valence-corrected chi connectivity index (χ4v) is 0.490. The second kappa shape index (κ2) is 11.1. The highest BCUT2D eigenvalue weighted by Gasteiger charge is 2.05. The van der Waals surface area contributed by atoms with Crippen LogP contribution in [-0.4, -0.2) is 57.1 Å². The van der Waals surface area contributed by atoms with Gasteiger partial charge in [0.05, 0.1) is 34.4 Å². The number of nitrogens with one attached hydrogen (secondary N) is 1. The van der Waals surface area contributed by atoms with Crippen molar-refractivity contribution in [2.45, 2.75) is 0 Å². The Morgan fingerprint density at radius 3 is 2.07 bits per heavy atom. The molecule has 0 aromatic carbocycles. The van der Waals surface area contributed by atoms with Crippen molar-refractivity contribution in [3.8, 4) is 0 Å². The molecule has 0 spiro atoms. The van der Waals surface area contributed by atoms with Crippen LogP contribution in [0.1, 0.15) is 0 Å². The summed E-state index contributed by atoms with van der Waals surface area (Å²) in [6.07, 6.45) is 0. The fraction of sp³-hybridized carbons (Fsp3) is 1.00. The predicted octanol–water partition coefficient (Wildman–Crippen LogP) is -3.71. The van der Waals surface area contributed by atoms with Crippen molar-refractivity contribution in [3.63, 3.8) is 0 Å². The number of quaternary nitrogens is 1. The normalized spacial score (nSPS) is 10.3. The Bertz CT molecular complexity index is 114. The molecular weight excluding hydrogens is 215 g/mol. The maximum absolute atomic E-state index is 8.33. The number of likely N-dealkylation sites (N-methyl/N-ethyl adjacent to an activating group) is 1. The summed E-state index contributed by atoms with van der Waals surface area (Å²) in [5, 5.41) is 8.33. The van der Waals surface area contributed by atoms with Gasteiger partial charge in [-0.1, -0.05) is 5.64 Å². The van der Waals surface area contributed by atoms with E-state index in [1.165, 1.54) is 0 Å². The summed E-state index contributed by atoms with van der Waals surface area (Å²) < 4.78 is 0.849. The molecule has 90 valence electrons. The highest BCUT2D eigenvalue weighted by Crippen LogP contribution is 1.87. The summed E-state index contributed by atoms with van der Waals surface area (Å²) in [7, 11) is 6.24. The lowest BCUT2D eigenvalue weighted by molar-refractivity contribution is -0.871. The van der Waals surface area contributed by atoms with Gasteiger partial charge in [0.15, 0.2) is 0 Å². The molecule has 0 bridgehead atoms. The molecule has 0 radical (unpaired) electrons. The molecule has 5 nitrogen and oxygen atoms in total. The van der Waals surface area contributed by atoms with Gasteiger partial charge < -0.3 is 22.0 Å². The van der Waals surface area contributed by atoms with Crippen LogP contribution < -0.4 is 18.1 Å². The lowest BCUT2D eigenvalue weighted by Crippen LogP contribution is -3.00. The van der Waals surface area contributed by atoms with Gasteiger partial charge >= 0.3 is 0 Å². The number of aliphatic hydroxyl groups is 1. The summed E-state index contributed by atoms with van der Waals surface area (Å²) in [5.74, 6) is 0. The van der Waals surface area contributed by atoms with Crippen LogP contribution in [0.15, 0.2) is 0 Å². The molecule has 0 saturated carbocycles. The number of halogens is 2. The molecular formula is C7H20ClFN2O3. The van der Waals surface area contributed by atoms with Gasteiger partial charge in [-0.15, -0.1) is 0 Å². The minimum Gasteiger partial charge on any atom is -1.00 e. The van der Waals surface area contributed by atoms with E-state index in [9.17, 15) is 0 Å². The fourth-order valence-electron chi connectivity index (χ4n) is 0.490. The third-order valence-corrected chi connectivity index (χ3v) is 1.18.